The van der Waals surface area contributed by atoms with Crippen LogP contribution in [-0.2, 0) is 0 Å². The van der Waals surface area contributed by atoms with E-state index >= 15 is 0 Å². The lowest BCUT2D eigenvalue weighted by atomic mass is 9.98. The van der Waals surface area contributed by atoms with Gasteiger partial charge in [0.25, 0.3) is 0 Å². The van der Waals surface area contributed by atoms with Gasteiger partial charge in [0.2, 0.25) is 0 Å². The lowest BCUT2D eigenvalue weighted by Crippen LogP contribution is -2.10. The largest absolute Gasteiger partial charge is 0.456 e. The highest BCUT2D eigenvalue weighted by Crippen LogP contribution is 2.41. The monoisotopic (exact) mass is 613 g/mol. The predicted molar refractivity (Wildman–Crippen MR) is 202 cm³/mol. The van der Waals surface area contributed by atoms with Crippen LogP contribution in [0.3, 0.4) is 0 Å². The third-order valence-electron chi connectivity index (χ3n) is 9.27. The first-order chi connectivity index (χ1) is 23.8. The highest BCUT2D eigenvalue weighted by Gasteiger charge is 2.16. The summed E-state index contributed by atoms with van der Waals surface area (Å²) >= 11 is 0. The maximum Gasteiger partial charge on any atom is 0.135 e. The summed E-state index contributed by atoms with van der Waals surface area (Å²) in [6.45, 7) is 0. The van der Waals surface area contributed by atoms with Crippen LogP contribution in [0, 0.1) is 0 Å². The van der Waals surface area contributed by atoms with Crippen molar-refractivity contribution in [2.45, 2.75) is 0 Å². The van der Waals surface area contributed by atoms with Gasteiger partial charge in [0.05, 0.1) is 5.69 Å². The van der Waals surface area contributed by atoms with Gasteiger partial charge in [-0.15, -0.1) is 0 Å². The normalized spacial score (nSPS) is 11.3. The molecule has 0 radical (unpaired) electrons. The zero-order chi connectivity index (χ0) is 31.9. The number of nitrogens with zero attached hydrogens (tertiary/aromatic N) is 1. The maximum atomic E-state index is 6.18. The van der Waals surface area contributed by atoms with E-state index in [1.807, 2.05) is 18.2 Å². The van der Waals surface area contributed by atoms with Crippen LogP contribution < -0.4 is 4.90 Å². The maximum absolute atomic E-state index is 6.18. The molecule has 0 saturated carbocycles. The lowest BCUT2D eigenvalue weighted by molar-refractivity contribution is 0.631. The molecule has 0 aliphatic carbocycles. The molecule has 0 atom stereocenters. The van der Waals surface area contributed by atoms with Crippen molar-refractivity contribution in [3.05, 3.63) is 188 Å². The first-order valence-electron chi connectivity index (χ1n) is 16.3. The average Bonchev–Trinajstić information content (AvgIpc) is 3.60. The summed E-state index contributed by atoms with van der Waals surface area (Å²) in [6, 6.07) is 67.0. The summed E-state index contributed by atoms with van der Waals surface area (Å²) in [5.74, 6) is 0.878. The molecule has 0 spiro atoms. The zero-order valence-electron chi connectivity index (χ0n) is 26.3. The minimum absolute atomic E-state index is 0.878. The molecule has 9 aromatic rings. The van der Waals surface area contributed by atoms with Crippen LogP contribution in [0.2, 0.25) is 0 Å². The van der Waals surface area contributed by atoms with Gasteiger partial charge in [0, 0.05) is 27.7 Å². The van der Waals surface area contributed by atoms with Gasteiger partial charge in [-0.1, -0.05) is 140 Å². The summed E-state index contributed by atoms with van der Waals surface area (Å²) in [7, 11) is 0. The number of hydrogen-bond donors (Lipinski definition) is 0. The molecule has 0 aliphatic rings. The van der Waals surface area contributed by atoms with E-state index in [0.29, 0.717) is 0 Å². The summed E-state index contributed by atoms with van der Waals surface area (Å²) in [5, 5.41) is 6.05. The van der Waals surface area contributed by atoms with Crippen LogP contribution in [0.4, 0.5) is 17.1 Å². The van der Waals surface area contributed by atoms with E-state index in [4.69, 9.17) is 4.42 Å². The van der Waals surface area contributed by atoms with E-state index < -0.39 is 0 Å². The second-order valence-electron chi connectivity index (χ2n) is 12.2. The molecule has 226 valence electrons. The molecule has 9 rings (SSSR count). The van der Waals surface area contributed by atoms with Crippen LogP contribution in [0.1, 0.15) is 0 Å². The van der Waals surface area contributed by atoms with E-state index in [1.165, 1.54) is 32.7 Å². The fourth-order valence-corrected chi connectivity index (χ4v) is 6.88. The quantitative estimate of drug-likeness (QED) is 0.185. The Morgan fingerprint density at radius 3 is 1.67 bits per heavy atom. The van der Waals surface area contributed by atoms with Gasteiger partial charge >= 0.3 is 0 Å². The lowest BCUT2D eigenvalue weighted by Gasteiger charge is -2.27. The van der Waals surface area contributed by atoms with Crippen LogP contribution in [-0.4, -0.2) is 0 Å². The van der Waals surface area contributed by atoms with Gasteiger partial charge in [-0.25, -0.2) is 0 Å². The molecule has 1 heterocycles. The first kappa shape index (κ1) is 27.9. The summed E-state index contributed by atoms with van der Waals surface area (Å²) in [6.07, 6.45) is 0. The highest BCUT2D eigenvalue weighted by atomic mass is 16.3. The first-order valence-corrected chi connectivity index (χ1v) is 16.3. The zero-order valence-corrected chi connectivity index (χ0v) is 26.3. The van der Waals surface area contributed by atoms with Gasteiger partial charge in [-0.2, -0.15) is 0 Å². The fraction of sp³-hybridized carbons (Fsp3) is 0. The standard InChI is InChI=1S/C46H31NO/c1-4-17-41-33(10-1)13-8-19-42(41)35-24-28-40(29-25-35)47(44-20-9-14-34-11-2-5-18-43(34)44)39-26-22-32(23-27-39)36-15-7-16-37(30-36)46-31-38-12-3-6-21-45(38)48-46/h1-31H. The Bertz CT molecular complexity index is 2520. The number of hydrogen-bond acceptors (Lipinski definition) is 2. The molecule has 2 nitrogen and oxygen atoms in total. The number of fused-ring (bicyclic) bond motifs is 3. The Morgan fingerprint density at radius 1 is 0.354 bits per heavy atom. The second kappa shape index (κ2) is 11.8. The predicted octanol–water partition coefficient (Wildman–Crippen LogP) is 13.2. The molecule has 2 heteroatoms. The molecule has 0 saturated heterocycles. The van der Waals surface area contributed by atoms with Crippen LogP contribution >= 0.6 is 0 Å². The Balaban J connectivity index is 1.11. The second-order valence-corrected chi connectivity index (χ2v) is 12.2. The van der Waals surface area contributed by atoms with Crippen molar-refractivity contribution in [1.82, 2.24) is 0 Å². The molecule has 0 N–H and O–H groups in total. The van der Waals surface area contributed by atoms with Crippen molar-refractivity contribution >= 4 is 49.6 Å². The van der Waals surface area contributed by atoms with Gasteiger partial charge in [0.1, 0.15) is 11.3 Å². The number of furan rings is 1. The molecule has 48 heavy (non-hydrogen) atoms. The summed E-state index contributed by atoms with van der Waals surface area (Å²) < 4.78 is 6.18. The van der Waals surface area contributed by atoms with Gasteiger partial charge < -0.3 is 9.32 Å². The Hall–Kier alpha value is -6.38. The Kier molecular flexibility index (Phi) is 6.84. The van der Waals surface area contributed by atoms with Crippen LogP contribution in [0.15, 0.2) is 192 Å². The molecule has 0 unspecified atom stereocenters. The van der Waals surface area contributed by atoms with E-state index in [0.717, 1.165) is 50.5 Å². The molecular formula is C46H31NO. The molecule has 0 amide bonds. The highest BCUT2D eigenvalue weighted by molar-refractivity contribution is 6.00. The van der Waals surface area contributed by atoms with Crippen molar-refractivity contribution in [2.24, 2.45) is 0 Å². The summed E-state index contributed by atoms with van der Waals surface area (Å²) in [5.41, 5.74) is 10.1. The van der Waals surface area contributed by atoms with Crippen molar-refractivity contribution in [3.63, 3.8) is 0 Å². The van der Waals surface area contributed by atoms with E-state index in [2.05, 4.69) is 175 Å². The Labute approximate surface area is 279 Å². The molecule has 0 fully saturated rings. The number of rotatable bonds is 6. The number of benzene rings is 8. The minimum Gasteiger partial charge on any atom is -0.456 e. The number of para-hydroxylation sites is 1. The van der Waals surface area contributed by atoms with Crippen LogP contribution in [0.25, 0.3) is 66.1 Å². The van der Waals surface area contributed by atoms with Crippen molar-refractivity contribution < 1.29 is 4.42 Å². The average molecular weight is 614 g/mol. The third-order valence-corrected chi connectivity index (χ3v) is 9.27. The molecular weight excluding hydrogens is 583 g/mol. The fourth-order valence-electron chi connectivity index (χ4n) is 6.88. The number of anilines is 3. The van der Waals surface area contributed by atoms with E-state index in [9.17, 15) is 0 Å². The minimum atomic E-state index is 0.878. The smallest absolute Gasteiger partial charge is 0.135 e. The molecule has 8 aromatic carbocycles. The van der Waals surface area contributed by atoms with E-state index in [-0.39, 0.29) is 0 Å². The third kappa shape index (κ3) is 5.01. The SMILES string of the molecule is c1cc(-c2ccc(N(c3ccc(-c4cccc5ccccc45)cc3)c3cccc4ccccc34)cc2)cc(-c2cc3ccccc3o2)c1. The van der Waals surface area contributed by atoms with Gasteiger partial charge in [0.15, 0.2) is 0 Å². The molecule has 0 aliphatic heterocycles. The van der Waals surface area contributed by atoms with Crippen molar-refractivity contribution in [2.75, 3.05) is 4.90 Å². The Morgan fingerprint density at radius 2 is 0.917 bits per heavy atom. The van der Waals surface area contributed by atoms with Crippen molar-refractivity contribution in [1.29, 1.82) is 0 Å². The summed E-state index contributed by atoms with van der Waals surface area (Å²) in [4.78, 5) is 2.36. The van der Waals surface area contributed by atoms with Crippen molar-refractivity contribution in [3.8, 4) is 33.6 Å². The van der Waals surface area contributed by atoms with Gasteiger partial charge in [-0.05, 0) is 86.9 Å². The molecule has 0 bridgehead atoms. The van der Waals surface area contributed by atoms with Crippen LogP contribution in [0.5, 0.6) is 0 Å². The molecule has 1 aromatic heterocycles. The topological polar surface area (TPSA) is 16.4 Å². The van der Waals surface area contributed by atoms with Gasteiger partial charge in [-0.3, -0.25) is 0 Å². The van der Waals surface area contributed by atoms with E-state index in [1.54, 1.807) is 0 Å².